The van der Waals surface area contributed by atoms with Crippen LogP contribution in [0.4, 0.5) is 5.69 Å². The van der Waals surface area contributed by atoms with Crippen molar-refractivity contribution in [3.05, 3.63) is 35.9 Å². The lowest BCUT2D eigenvalue weighted by Crippen LogP contribution is -2.45. The number of hydrogen-bond acceptors (Lipinski definition) is 5. The van der Waals surface area contributed by atoms with Crippen LogP contribution in [-0.2, 0) is 19.0 Å². The fourth-order valence-corrected chi connectivity index (χ4v) is 3.04. The van der Waals surface area contributed by atoms with Crippen LogP contribution in [-0.4, -0.2) is 44.7 Å². The number of carbonyl (C=O) groups excluding carboxylic acids is 1. The monoisotopic (exact) mass is 317 g/mol. The first-order chi connectivity index (χ1) is 11.2. The molecule has 5 nitrogen and oxygen atoms in total. The highest BCUT2D eigenvalue weighted by molar-refractivity contribution is 5.87. The summed E-state index contributed by atoms with van der Waals surface area (Å²) in [6.45, 7) is 5.47. The number of nitrogens with zero attached hydrogens (tertiary/aromatic N) is 1. The van der Waals surface area contributed by atoms with Crippen LogP contribution in [0.25, 0.3) is 6.08 Å². The van der Waals surface area contributed by atoms with E-state index >= 15 is 0 Å². The first-order valence-electron chi connectivity index (χ1n) is 8.18. The molecule has 124 valence electrons. The molecule has 1 aromatic rings. The number of rotatable bonds is 4. The molecule has 0 bridgehead atoms. The highest BCUT2D eigenvalue weighted by Gasteiger charge is 2.39. The number of benzene rings is 1. The zero-order valence-electron chi connectivity index (χ0n) is 13.5. The fraction of sp³-hybridized carbons (Fsp3) is 0.500. The van der Waals surface area contributed by atoms with E-state index in [-0.39, 0.29) is 11.8 Å². The molecule has 5 heteroatoms. The summed E-state index contributed by atoms with van der Waals surface area (Å²) in [6, 6.07) is 8.19. The molecule has 0 unspecified atom stereocenters. The van der Waals surface area contributed by atoms with Gasteiger partial charge in [-0.2, -0.15) is 0 Å². The van der Waals surface area contributed by atoms with Crippen molar-refractivity contribution < 1.29 is 19.0 Å². The van der Waals surface area contributed by atoms with Crippen LogP contribution in [0.2, 0.25) is 0 Å². The molecule has 0 aliphatic carbocycles. The number of hydrogen-bond donors (Lipinski definition) is 0. The van der Waals surface area contributed by atoms with Crippen molar-refractivity contribution >= 4 is 17.7 Å². The molecule has 0 saturated carbocycles. The fourth-order valence-electron chi connectivity index (χ4n) is 3.04. The Bertz CT molecular complexity index is 551. The van der Waals surface area contributed by atoms with E-state index in [1.54, 1.807) is 13.0 Å². The van der Waals surface area contributed by atoms with Gasteiger partial charge in [-0.3, -0.25) is 0 Å². The number of esters is 1. The second-order valence-electron chi connectivity index (χ2n) is 5.77. The zero-order valence-corrected chi connectivity index (χ0v) is 13.5. The molecule has 0 aromatic heterocycles. The molecule has 1 aromatic carbocycles. The van der Waals surface area contributed by atoms with E-state index in [2.05, 4.69) is 17.0 Å². The summed E-state index contributed by atoms with van der Waals surface area (Å²) < 4.78 is 16.4. The third-order valence-electron chi connectivity index (χ3n) is 4.30. The third-order valence-corrected chi connectivity index (χ3v) is 4.30. The summed E-state index contributed by atoms with van der Waals surface area (Å²) in [7, 11) is 0. The quantitative estimate of drug-likeness (QED) is 0.631. The highest BCUT2D eigenvalue weighted by atomic mass is 16.7. The number of carbonyl (C=O) groups is 1. The topological polar surface area (TPSA) is 48.0 Å². The largest absolute Gasteiger partial charge is 0.463 e. The van der Waals surface area contributed by atoms with Crippen LogP contribution in [0.5, 0.6) is 0 Å². The van der Waals surface area contributed by atoms with Gasteiger partial charge >= 0.3 is 5.97 Å². The first-order valence-corrected chi connectivity index (χ1v) is 8.18. The molecule has 2 saturated heterocycles. The molecule has 2 aliphatic heterocycles. The van der Waals surface area contributed by atoms with Crippen LogP contribution in [0.1, 0.15) is 25.3 Å². The van der Waals surface area contributed by atoms with Crippen LogP contribution >= 0.6 is 0 Å². The minimum atomic E-state index is -0.335. The van der Waals surface area contributed by atoms with E-state index in [9.17, 15) is 4.79 Å². The van der Waals surface area contributed by atoms with Gasteiger partial charge in [-0.15, -0.1) is 0 Å². The van der Waals surface area contributed by atoms with Gasteiger partial charge in [0.25, 0.3) is 0 Å². The molecule has 0 radical (unpaired) electrons. The molecular weight excluding hydrogens is 294 g/mol. The standard InChI is InChI=1S/C18H23NO4/c1-2-21-17(20)8-5-15-3-6-16(7-4-15)19-11-9-18(10-12-19)22-13-14-23-18/h3-8H,2,9-14H2,1H3. The lowest BCUT2D eigenvalue weighted by Gasteiger charge is -2.38. The van der Waals surface area contributed by atoms with Gasteiger partial charge in [0, 0.05) is 37.7 Å². The average Bonchev–Trinajstić information content (AvgIpc) is 3.03. The molecule has 0 N–H and O–H groups in total. The van der Waals surface area contributed by atoms with Gasteiger partial charge in [-0.05, 0) is 30.7 Å². The van der Waals surface area contributed by atoms with Crippen molar-refractivity contribution in [1.82, 2.24) is 0 Å². The molecule has 0 amide bonds. The molecule has 1 spiro atoms. The van der Waals surface area contributed by atoms with Crippen LogP contribution in [0, 0.1) is 0 Å². The summed E-state index contributed by atoms with van der Waals surface area (Å²) in [5.41, 5.74) is 2.17. The second-order valence-corrected chi connectivity index (χ2v) is 5.77. The van der Waals surface area contributed by atoms with Crippen LogP contribution in [0.3, 0.4) is 0 Å². The number of ether oxygens (including phenoxy) is 3. The maximum Gasteiger partial charge on any atom is 0.330 e. The van der Waals surface area contributed by atoms with E-state index in [4.69, 9.17) is 14.2 Å². The number of piperidine rings is 1. The Morgan fingerprint density at radius 1 is 1.22 bits per heavy atom. The lowest BCUT2D eigenvalue weighted by atomic mass is 10.0. The zero-order chi connectivity index (χ0) is 16.1. The summed E-state index contributed by atoms with van der Waals surface area (Å²) in [4.78, 5) is 13.7. The Labute approximate surface area is 136 Å². The predicted octanol–water partition coefficient (Wildman–Crippen LogP) is 2.61. The van der Waals surface area contributed by atoms with Gasteiger partial charge in [0.1, 0.15) is 0 Å². The maximum absolute atomic E-state index is 11.3. The Hall–Kier alpha value is -1.85. The number of anilines is 1. The molecule has 0 atom stereocenters. The molecule has 2 aliphatic rings. The van der Waals surface area contributed by atoms with E-state index < -0.39 is 0 Å². The third kappa shape index (κ3) is 3.92. The van der Waals surface area contributed by atoms with Crippen molar-refractivity contribution in [3.63, 3.8) is 0 Å². The van der Waals surface area contributed by atoms with E-state index in [1.807, 2.05) is 12.1 Å². The lowest BCUT2D eigenvalue weighted by molar-refractivity contribution is -0.169. The molecular formula is C18H23NO4. The Balaban J connectivity index is 1.56. The van der Waals surface area contributed by atoms with Gasteiger partial charge in [0.05, 0.1) is 19.8 Å². The van der Waals surface area contributed by atoms with Gasteiger partial charge in [-0.1, -0.05) is 12.1 Å². The van der Waals surface area contributed by atoms with E-state index in [0.717, 1.165) is 31.5 Å². The molecule has 3 rings (SSSR count). The molecule has 23 heavy (non-hydrogen) atoms. The molecule has 2 fully saturated rings. The summed E-state index contributed by atoms with van der Waals surface area (Å²) in [5, 5.41) is 0. The van der Waals surface area contributed by atoms with Crippen molar-refractivity contribution in [2.75, 3.05) is 37.8 Å². The Kier molecular flexibility index (Phi) is 4.98. The summed E-state index contributed by atoms with van der Waals surface area (Å²) in [5.74, 6) is -0.645. The van der Waals surface area contributed by atoms with Crippen molar-refractivity contribution in [1.29, 1.82) is 0 Å². The van der Waals surface area contributed by atoms with Crippen molar-refractivity contribution in [2.45, 2.75) is 25.6 Å². The average molecular weight is 317 g/mol. The van der Waals surface area contributed by atoms with E-state index in [1.165, 1.54) is 11.8 Å². The SMILES string of the molecule is CCOC(=O)C=Cc1ccc(N2CCC3(CC2)OCCO3)cc1. The van der Waals surface area contributed by atoms with Gasteiger partial charge in [0.2, 0.25) is 0 Å². The highest BCUT2D eigenvalue weighted by Crippen LogP contribution is 2.33. The van der Waals surface area contributed by atoms with Crippen molar-refractivity contribution in [3.8, 4) is 0 Å². The van der Waals surface area contributed by atoms with Crippen molar-refractivity contribution in [2.24, 2.45) is 0 Å². The minimum Gasteiger partial charge on any atom is -0.463 e. The Morgan fingerprint density at radius 3 is 2.48 bits per heavy atom. The van der Waals surface area contributed by atoms with Gasteiger partial charge in [-0.25, -0.2) is 4.79 Å². The maximum atomic E-state index is 11.3. The normalized spacial score (nSPS) is 20.3. The second kappa shape index (κ2) is 7.15. The van der Waals surface area contributed by atoms with Gasteiger partial charge in [0.15, 0.2) is 5.79 Å². The molecule has 2 heterocycles. The first kappa shape index (κ1) is 16.0. The predicted molar refractivity (Wildman–Crippen MR) is 88.2 cm³/mol. The van der Waals surface area contributed by atoms with E-state index in [0.29, 0.717) is 19.8 Å². The van der Waals surface area contributed by atoms with Crippen LogP contribution in [0.15, 0.2) is 30.3 Å². The summed E-state index contributed by atoms with van der Waals surface area (Å²) >= 11 is 0. The van der Waals surface area contributed by atoms with Crippen LogP contribution < -0.4 is 4.90 Å². The summed E-state index contributed by atoms with van der Waals surface area (Å²) in [6.07, 6.45) is 5.03. The Morgan fingerprint density at radius 2 is 1.87 bits per heavy atom. The minimum absolute atomic E-state index is 0.311. The smallest absolute Gasteiger partial charge is 0.330 e. The van der Waals surface area contributed by atoms with Gasteiger partial charge < -0.3 is 19.1 Å².